The molecule has 5 nitrogen and oxygen atoms in total. The van der Waals surface area contributed by atoms with Crippen LogP contribution in [0.3, 0.4) is 0 Å². The van der Waals surface area contributed by atoms with Gasteiger partial charge in [-0.25, -0.2) is 4.68 Å². The number of anilines is 1. The van der Waals surface area contributed by atoms with Crippen molar-refractivity contribution in [2.24, 2.45) is 0 Å². The molecule has 0 radical (unpaired) electrons. The molecule has 21 heavy (non-hydrogen) atoms. The van der Waals surface area contributed by atoms with Crippen LogP contribution in [-0.2, 0) is 0 Å². The summed E-state index contributed by atoms with van der Waals surface area (Å²) in [5.74, 6) is -0.292. The van der Waals surface area contributed by atoms with Gasteiger partial charge in [-0.3, -0.25) is 4.79 Å². The summed E-state index contributed by atoms with van der Waals surface area (Å²) in [4.78, 5) is 12.1. The van der Waals surface area contributed by atoms with Crippen LogP contribution in [0.5, 0.6) is 0 Å². The zero-order chi connectivity index (χ0) is 14.7. The van der Waals surface area contributed by atoms with E-state index in [1.165, 1.54) is 0 Å². The molecule has 0 unspecified atom stereocenters. The van der Waals surface area contributed by atoms with Crippen molar-refractivity contribution < 1.29 is 4.79 Å². The van der Waals surface area contributed by atoms with Crippen LogP contribution < -0.4 is 5.32 Å². The van der Waals surface area contributed by atoms with Gasteiger partial charge in [-0.1, -0.05) is 39.3 Å². The highest BCUT2D eigenvalue weighted by atomic mass is 79.9. The standard InChI is InChI=1S/C15H11BrN4O/c16-11-6-8-12(9-7-11)17-15(21)14-10-20(19-18-14)13-4-2-1-3-5-13/h1-10H,(H,17,21). The van der Waals surface area contributed by atoms with Crippen molar-refractivity contribution >= 4 is 27.5 Å². The zero-order valence-electron chi connectivity index (χ0n) is 10.9. The first-order valence-electron chi connectivity index (χ1n) is 6.27. The van der Waals surface area contributed by atoms with Gasteiger partial charge in [-0.05, 0) is 36.4 Å². The Labute approximate surface area is 129 Å². The number of aromatic nitrogens is 3. The minimum Gasteiger partial charge on any atom is -0.321 e. The third kappa shape index (κ3) is 3.17. The van der Waals surface area contributed by atoms with Gasteiger partial charge in [0.2, 0.25) is 0 Å². The van der Waals surface area contributed by atoms with Gasteiger partial charge in [0.05, 0.1) is 11.9 Å². The lowest BCUT2D eigenvalue weighted by Gasteiger charge is -2.02. The predicted molar refractivity (Wildman–Crippen MR) is 83.5 cm³/mol. The van der Waals surface area contributed by atoms with Crippen LogP contribution in [0.1, 0.15) is 10.5 Å². The maximum Gasteiger partial charge on any atom is 0.277 e. The molecule has 6 heteroatoms. The van der Waals surface area contributed by atoms with Crippen LogP contribution in [0.15, 0.2) is 65.3 Å². The molecule has 0 fully saturated rings. The Morgan fingerprint density at radius 3 is 2.48 bits per heavy atom. The molecule has 0 atom stereocenters. The number of hydrogen-bond acceptors (Lipinski definition) is 3. The Hall–Kier alpha value is -2.47. The van der Waals surface area contributed by atoms with Crippen LogP contribution in [0.2, 0.25) is 0 Å². The largest absolute Gasteiger partial charge is 0.321 e. The summed E-state index contributed by atoms with van der Waals surface area (Å²) < 4.78 is 2.52. The topological polar surface area (TPSA) is 59.8 Å². The van der Waals surface area contributed by atoms with Crippen LogP contribution in [-0.4, -0.2) is 20.9 Å². The van der Waals surface area contributed by atoms with Gasteiger partial charge >= 0.3 is 0 Å². The second kappa shape index (κ2) is 5.88. The van der Waals surface area contributed by atoms with Crippen molar-refractivity contribution in [2.75, 3.05) is 5.32 Å². The molecule has 1 aromatic heterocycles. The highest BCUT2D eigenvalue weighted by molar-refractivity contribution is 9.10. The number of carbonyl (C=O) groups excluding carboxylic acids is 1. The fourth-order valence-corrected chi connectivity index (χ4v) is 2.07. The van der Waals surface area contributed by atoms with E-state index in [0.29, 0.717) is 5.69 Å². The molecule has 0 saturated heterocycles. The lowest BCUT2D eigenvalue weighted by molar-refractivity contribution is 0.102. The number of nitrogens with one attached hydrogen (secondary N) is 1. The molecule has 0 bridgehead atoms. The second-order valence-corrected chi connectivity index (χ2v) is 5.26. The summed E-state index contributed by atoms with van der Waals surface area (Å²) in [7, 11) is 0. The molecular formula is C15H11BrN4O. The number of carbonyl (C=O) groups is 1. The average molecular weight is 343 g/mol. The maximum absolute atomic E-state index is 12.1. The highest BCUT2D eigenvalue weighted by Crippen LogP contribution is 2.15. The Kier molecular flexibility index (Phi) is 3.79. The third-order valence-corrected chi connectivity index (χ3v) is 3.38. The van der Waals surface area contributed by atoms with Crippen molar-refractivity contribution in [1.29, 1.82) is 0 Å². The van der Waals surface area contributed by atoms with Gasteiger partial charge in [-0.2, -0.15) is 0 Å². The fraction of sp³-hybridized carbons (Fsp3) is 0. The predicted octanol–water partition coefficient (Wildman–Crippen LogP) is 3.28. The smallest absolute Gasteiger partial charge is 0.277 e. The SMILES string of the molecule is O=C(Nc1ccc(Br)cc1)c1cn(-c2ccccc2)nn1. The lowest BCUT2D eigenvalue weighted by Crippen LogP contribution is -2.12. The van der Waals surface area contributed by atoms with E-state index in [9.17, 15) is 4.79 Å². The first kappa shape index (κ1) is 13.5. The summed E-state index contributed by atoms with van der Waals surface area (Å²) >= 11 is 3.35. The molecule has 0 aliphatic carbocycles. The molecule has 104 valence electrons. The number of halogens is 1. The molecule has 2 aromatic carbocycles. The van der Waals surface area contributed by atoms with Crippen molar-refractivity contribution in [3.05, 3.63) is 71.0 Å². The summed E-state index contributed by atoms with van der Waals surface area (Å²) in [5.41, 5.74) is 1.83. The van der Waals surface area contributed by atoms with Crippen molar-refractivity contribution in [2.45, 2.75) is 0 Å². The number of hydrogen-bond donors (Lipinski definition) is 1. The number of nitrogens with zero attached hydrogens (tertiary/aromatic N) is 3. The Bertz CT molecular complexity index is 753. The van der Waals surface area contributed by atoms with Crippen LogP contribution in [0, 0.1) is 0 Å². The van der Waals surface area contributed by atoms with Gasteiger partial charge in [0.15, 0.2) is 5.69 Å². The molecule has 0 aliphatic rings. The average Bonchev–Trinajstić information content (AvgIpc) is 3.00. The van der Waals surface area contributed by atoms with Crippen LogP contribution in [0.25, 0.3) is 5.69 Å². The van der Waals surface area contributed by atoms with Crippen LogP contribution in [0.4, 0.5) is 5.69 Å². The Morgan fingerprint density at radius 1 is 1.05 bits per heavy atom. The summed E-state index contributed by atoms with van der Waals surface area (Å²) in [6, 6.07) is 16.8. The van der Waals surface area contributed by atoms with Gasteiger partial charge in [0.25, 0.3) is 5.91 Å². The minimum atomic E-state index is -0.292. The summed E-state index contributed by atoms with van der Waals surface area (Å²) in [6.07, 6.45) is 1.60. The molecular weight excluding hydrogens is 332 g/mol. The molecule has 3 rings (SSSR count). The van der Waals surface area contributed by atoms with E-state index in [0.717, 1.165) is 10.2 Å². The Morgan fingerprint density at radius 2 is 1.76 bits per heavy atom. The number of amides is 1. The Balaban J connectivity index is 1.77. The van der Waals surface area contributed by atoms with Crippen molar-refractivity contribution in [3.8, 4) is 5.69 Å². The summed E-state index contributed by atoms with van der Waals surface area (Å²) in [5, 5.41) is 10.6. The normalized spacial score (nSPS) is 10.3. The molecule has 1 heterocycles. The van der Waals surface area contributed by atoms with E-state index in [-0.39, 0.29) is 11.6 Å². The minimum absolute atomic E-state index is 0.266. The van der Waals surface area contributed by atoms with Gasteiger partial charge < -0.3 is 5.32 Å². The molecule has 3 aromatic rings. The maximum atomic E-state index is 12.1. The monoisotopic (exact) mass is 342 g/mol. The summed E-state index contributed by atoms with van der Waals surface area (Å²) in [6.45, 7) is 0. The highest BCUT2D eigenvalue weighted by Gasteiger charge is 2.11. The number of rotatable bonds is 3. The van der Waals surface area contributed by atoms with Gasteiger partial charge in [0, 0.05) is 10.2 Å². The van der Waals surface area contributed by atoms with Crippen molar-refractivity contribution in [1.82, 2.24) is 15.0 Å². The van der Waals surface area contributed by atoms with E-state index in [1.54, 1.807) is 10.9 Å². The molecule has 1 amide bonds. The molecule has 1 N–H and O–H groups in total. The van der Waals surface area contributed by atoms with E-state index in [2.05, 4.69) is 31.6 Å². The second-order valence-electron chi connectivity index (χ2n) is 4.34. The number of para-hydroxylation sites is 1. The molecule has 0 aliphatic heterocycles. The number of benzene rings is 2. The van der Waals surface area contributed by atoms with Crippen molar-refractivity contribution in [3.63, 3.8) is 0 Å². The van der Waals surface area contributed by atoms with E-state index in [4.69, 9.17) is 0 Å². The fourth-order valence-electron chi connectivity index (χ4n) is 1.80. The van der Waals surface area contributed by atoms with E-state index < -0.39 is 0 Å². The lowest BCUT2D eigenvalue weighted by atomic mass is 10.3. The van der Waals surface area contributed by atoms with Gasteiger partial charge in [0.1, 0.15) is 0 Å². The first-order valence-corrected chi connectivity index (χ1v) is 7.06. The first-order chi connectivity index (χ1) is 10.2. The van der Waals surface area contributed by atoms with Gasteiger partial charge in [-0.15, -0.1) is 5.10 Å². The van der Waals surface area contributed by atoms with E-state index >= 15 is 0 Å². The molecule has 0 spiro atoms. The zero-order valence-corrected chi connectivity index (χ0v) is 12.5. The third-order valence-electron chi connectivity index (χ3n) is 2.85. The molecule has 0 saturated carbocycles. The van der Waals surface area contributed by atoms with Crippen LogP contribution >= 0.6 is 15.9 Å². The van der Waals surface area contributed by atoms with E-state index in [1.807, 2.05) is 54.6 Å². The quantitative estimate of drug-likeness (QED) is 0.794.